The topological polar surface area (TPSA) is 33.3 Å². The maximum Gasteiger partial charge on any atom is 0.119 e. The first-order valence-electron chi connectivity index (χ1n) is 6.43. The Hall–Kier alpha value is -0.480. The fraction of sp³-hybridized carbons (Fsp3) is 0.571. The summed E-state index contributed by atoms with van der Waals surface area (Å²) in [5, 5.41) is 6.93. The smallest absolute Gasteiger partial charge is 0.119 e. The zero-order chi connectivity index (χ0) is 11.9. The third-order valence-electron chi connectivity index (χ3n) is 3.36. The lowest BCUT2D eigenvalue weighted by molar-refractivity contribution is 0.356. The third-order valence-corrected chi connectivity index (χ3v) is 3.36. The largest absolute Gasteiger partial charge is 0.497 e. The molecule has 1 fully saturated rings. The molecule has 1 saturated heterocycles. The van der Waals surface area contributed by atoms with E-state index in [1.54, 1.807) is 7.11 Å². The molecule has 0 unspecified atom stereocenters. The molecule has 0 amide bonds. The molecular weight excluding hydrogens is 283 g/mol. The van der Waals surface area contributed by atoms with E-state index in [1.165, 1.54) is 31.5 Å². The Morgan fingerprint density at radius 3 is 2.68 bits per heavy atom. The molecule has 1 aromatic carbocycles. The molecule has 1 aromatic rings. The minimum absolute atomic E-state index is 0. The molecule has 0 bridgehead atoms. The molecular formula is C14H24Cl2N2O. The number of piperidine rings is 1. The summed E-state index contributed by atoms with van der Waals surface area (Å²) in [7, 11) is 1.71. The normalized spacial score (nSPS) is 15.2. The molecule has 2 rings (SSSR count). The summed E-state index contributed by atoms with van der Waals surface area (Å²) in [6.07, 6.45) is 2.59. The highest BCUT2D eigenvalue weighted by Crippen LogP contribution is 2.13. The van der Waals surface area contributed by atoms with Crippen LogP contribution in [0.3, 0.4) is 0 Å². The molecule has 110 valence electrons. The average molecular weight is 307 g/mol. The van der Waals surface area contributed by atoms with Gasteiger partial charge in [-0.15, -0.1) is 24.8 Å². The van der Waals surface area contributed by atoms with Gasteiger partial charge in [0.1, 0.15) is 5.75 Å². The monoisotopic (exact) mass is 306 g/mol. The van der Waals surface area contributed by atoms with Crippen molar-refractivity contribution in [1.82, 2.24) is 10.6 Å². The first kappa shape index (κ1) is 18.5. The first-order valence-corrected chi connectivity index (χ1v) is 6.43. The van der Waals surface area contributed by atoms with Gasteiger partial charge in [0.15, 0.2) is 0 Å². The van der Waals surface area contributed by atoms with Crippen LogP contribution in [0.25, 0.3) is 0 Å². The van der Waals surface area contributed by atoms with Crippen molar-refractivity contribution in [3.63, 3.8) is 0 Å². The van der Waals surface area contributed by atoms with Crippen LogP contribution in [-0.2, 0) is 6.54 Å². The summed E-state index contributed by atoms with van der Waals surface area (Å²) in [5.41, 5.74) is 1.29. The summed E-state index contributed by atoms with van der Waals surface area (Å²) >= 11 is 0. The Balaban J connectivity index is 0.00000162. The molecule has 0 atom stereocenters. The second-order valence-electron chi connectivity index (χ2n) is 4.68. The lowest BCUT2D eigenvalue weighted by atomic mass is 9.98. The van der Waals surface area contributed by atoms with Crippen LogP contribution in [0, 0.1) is 5.92 Å². The summed E-state index contributed by atoms with van der Waals surface area (Å²) < 4.78 is 5.22. The molecule has 5 heteroatoms. The molecule has 3 nitrogen and oxygen atoms in total. The van der Waals surface area contributed by atoms with Gasteiger partial charge >= 0.3 is 0 Å². The van der Waals surface area contributed by atoms with Crippen molar-refractivity contribution in [2.75, 3.05) is 26.7 Å². The zero-order valence-electron chi connectivity index (χ0n) is 11.4. The third kappa shape index (κ3) is 6.48. The van der Waals surface area contributed by atoms with Crippen LogP contribution in [0.15, 0.2) is 24.3 Å². The van der Waals surface area contributed by atoms with Gasteiger partial charge in [-0.25, -0.2) is 0 Å². The van der Waals surface area contributed by atoms with E-state index in [9.17, 15) is 0 Å². The van der Waals surface area contributed by atoms with Gasteiger partial charge in [0.25, 0.3) is 0 Å². The van der Waals surface area contributed by atoms with E-state index in [-0.39, 0.29) is 24.8 Å². The first-order chi connectivity index (χ1) is 8.38. The van der Waals surface area contributed by atoms with Crippen LogP contribution < -0.4 is 15.4 Å². The quantitative estimate of drug-likeness (QED) is 0.877. The number of rotatable bonds is 5. The number of benzene rings is 1. The van der Waals surface area contributed by atoms with Gasteiger partial charge in [0.2, 0.25) is 0 Å². The molecule has 19 heavy (non-hydrogen) atoms. The Morgan fingerprint density at radius 2 is 2.00 bits per heavy atom. The average Bonchev–Trinajstić information content (AvgIpc) is 2.40. The number of ether oxygens (including phenoxy) is 1. The molecule has 1 heterocycles. The molecule has 1 aliphatic heterocycles. The minimum atomic E-state index is 0. The van der Waals surface area contributed by atoms with Crippen LogP contribution in [0.2, 0.25) is 0 Å². The van der Waals surface area contributed by atoms with Gasteiger partial charge in [-0.3, -0.25) is 0 Å². The van der Waals surface area contributed by atoms with Gasteiger partial charge in [0, 0.05) is 6.54 Å². The van der Waals surface area contributed by atoms with E-state index in [0.29, 0.717) is 0 Å². The van der Waals surface area contributed by atoms with Crippen molar-refractivity contribution in [2.24, 2.45) is 5.92 Å². The van der Waals surface area contributed by atoms with Crippen LogP contribution in [-0.4, -0.2) is 26.7 Å². The Labute approximate surface area is 128 Å². The number of nitrogens with one attached hydrogen (secondary N) is 2. The molecule has 0 aliphatic carbocycles. The van der Waals surface area contributed by atoms with Crippen LogP contribution in [0.5, 0.6) is 5.75 Å². The van der Waals surface area contributed by atoms with Crippen molar-refractivity contribution in [2.45, 2.75) is 19.4 Å². The molecule has 0 radical (unpaired) electrons. The van der Waals surface area contributed by atoms with E-state index in [0.717, 1.165) is 24.8 Å². The SMILES string of the molecule is COc1cccc(CNCC2CCNCC2)c1.Cl.Cl. The van der Waals surface area contributed by atoms with E-state index in [2.05, 4.69) is 22.8 Å². The summed E-state index contributed by atoms with van der Waals surface area (Å²) in [5.74, 6) is 1.77. The van der Waals surface area contributed by atoms with Crippen molar-refractivity contribution in [3.05, 3.63) is 29.8 Å². The van der Waals surface area contributed by atoms with Crippen molar-refractivity contribution < 1.29 is 4.74 Å². The Morgan fingerprint density at radius 1 is 1.26 bits per heavy atom. The maximum atomic E-state index is 5.22. The fourth-order valence-corrected chi connectivity index (χ4v) is 2.29. The number of methoxy groups -OCH3 is 1. The van der Waals surface area contributed by atoms with Crippen molar-refractivity contribution in [1.29, 1.82) is 0 Å². The summed E-state index contributed by atoms with van der Waals surface area (Å²) in [6, 6.07) is 8.25. The van der Waals surface area contributed by atoms with E-state index >= 15 is 0 Å². The van der Waals surface area contributed by atoms with E-state index < -0.39 is 0 Å². The Kier molecular flexibility index (Phi) is 10.1. The predicted molar refractivity (Wildman–Crippen MR) is 84.8 cm³/mol. The van der Waals surface area contributed by atoms with E-state index in [1.807, 2.05) is 12.1 Å². The van der Waals surface area contributed by atoms with Gasteiger partial charge in [0.05, 0.1) is 7.11 Å². The van der Waals surface area contributed by atoms with Crippen molar-refractivity contribution >= 4 is 24.8 Å². The van der Waals surface area contributed by atoms with Crippen LogP contribution >= 0.6 is 24.8 Å². The lowest BCUT2D eigenvalue weighted by Crippen LogP contribution is -2.33. The molecule has 1 aliphatic rings. The highest BCUT2D eigenvalue weighted by atomic mass is 35.5. The number of hydrogen-bond donors (Lipinski definition) is 2. The van der Waals surface area contributed by atoms with Crippen LogP contribution in [0.4, 0.5) is 0 Å². The second-order valence-corrected chi connectivity index (χ2v) is 4.68. The highest BCUT2D eigenvalue weighted by Gasteiger charge is 2.11. The van der Waals surface area contributed by atoms with Crippen molar-refractivity contribution in [3.8, 4) is 5.75 Å². The highest BCUT2D eigenvalue weighted by molar-refractivity contribution is 5.85. The summed E-state index contributed by atoms with van der Waals surface area (Å²) in [4.78, 5) is 0. The molecule has 2 N–H and O–H groups in total. The van der Waals surface area contributed by atoms with Gasteiger partial charge in [-0.05, 0) is 56.1 Å². The van der Waals surface area contributed by atoms with Gasteiger partial charge < -0.3 is 15.4 Å². The molecule has 0 aromatic heterocycles. The standard InChI is InChI=1S/C14H22N2O.2ClH/c1-17-14-4-2-3-13(9-14)11-16-10-12-5-7-15-8-6-12;;/h2-4,9,12,15-16H,5-8,10-11H2,1H3;2*1H. The number of halogens is 2. The fourth-order valence-electron chi connectivity index (χ4n) is 2.29. The Bertz CT molecular complexity index is 344. The number of hydrogen-bond acceptors (Lipinski definition) is 3. The molecule has 0 spiro atoms. The molecule has 0 saturated carbocycles. The second kappa shape index (κ2) is 10.3. The maximum absolute atomic E-state index is 5.22. The predicted octanol–water partition coefficient (Wildman–Crippen LogP) is 2.63. The van der Waals surface area contributed by atoms with Gasteiger partial charge in [-0.1, -0.05) is 12.1 Å². The zero-order valence-corrected chi connectivity index (χ0v) is 13.0. The lowest BCUT2D eigenvalue weighted by Gasteiger charge is -2.22. The van der Waals surface area contributed by atoms with Gasteiger partial charge in [-0.2, -0.15) is 0 Å². The van der Waals surface area contributed by atoms with Crippen LogP contribution in [0.1, 0.15) is 18.4 Å². The van der Waals surface area contributed by atoms with E-state index in [4.69, 9.17) is 4.74 Å². The minimum Gasteiger partial charge on any atom is -0.497 e. The summed E-state index contributed by atoms with van der Waals surface area (Å²) in [6.45, 7) is 4.40.